The lowest BCUT2D eigenvalue weighted by Crippen LogP contribution is -2.10. The Morgan fingerprint density at radius 1 is 1.12 bits per heavy atom. The fourth-order valence-corrected chi connectivity index (χ4v) is 3.38. The molecule has 0 fully saturated rings. The molecule has 1 amide bonds. The van der Waals surface area contributed by atoms with Gasteiger partial charge in [-0.3, -0.25) is 4.79 Å². The van der Waals surface area contributed by atoms with Gasteiger partial charge in [-0.1, -0.05) is 6.07 Å². The molecule has 118 valence electrons. The molecule has 5 nitrogen and oxygen atoms in total. The predicted octanol–water partition coefficient (Wildman–Crippen LogP) is 4.11. The Hall–Kier alpha value is -2.99. The first-order valence-corrected chi connectivity index (χ1v) is 8.15. The van der Waals surface area contributed by atoms with Crippen LogP contribution in [0.15, 0.2) is 54.7 Å². The van der Waals surface area contributed by atoms with Crippen LogP contribution < -0.4 is 10.1 Å². The van der Waals surface area contributed by atoms with Crippen LogP contribution in [0.4, 0.5) is 5.82 Å². The molecule has 0 radical (unpaired) electrons. The van der Waals surface area contributed by atoms with Gasteiger partial charge >= 0.3 is 0 Å². The first-order chi connectivity index (χ1) is 11.7. The highest BCUT2D eigenvalue weighted by Crippen LogP contribution is 2.29. The summed E-state index contributed by atoms with van der Waals surface area (Å²) in [7, 11) is 1.63. The molecule has 4 aromatic rings. The molecule has 0 unspecified atom stereocenters. The summed E-state index contributed by atoms with van der Waals surface area (Å²) in [6.07, 6.45) is 1.64. The van der Waals surface area contributed by atoms with Crippen LogP contribution in [0.2, 0.25) is 0 Å². The Kier molecular flexibility index (Phi) is 3.59. The van der Waals surface area contributed by atoms with Gasteiger partial charge in [0.05, 0.1) is 17.5 Å². The van der Waals surface area contributed by atoms with Gasteiger partial charge in [-0.2, -0.15) is 0 Å². The predicted molar refractivity (Wildman–Crippen MR) is 95.9 cm³/mol. The van der Waals surface area contributed by atoms with Gasteiger partial charge in [0, 0.05) is 23.0 Å². The SMILES string of the molecule is COc1ccc2cc3cc(C(=O)Nc4ccccn4)sc3nc2c1. The van der Waals surface area contributed by atoms with Crippen molar-refractivity contribution < 1.29 is 9.53 Å². The number of carbonyl (C=O) groups excluding carboxylic acids is 1. The number of thiophene rings is 1. The quantitative estimate of drug-likeness (QED) is 0.612. The first kappa shape index (κ1) is 14.6. The van der Waals surface area contributed by atoms with Crippen molar-refractivity contribution in [2.75, 3.05) is 12.4 Å². The van der Waals surface area contributed by atoms with Crippen LogP contribution >= 0.6 is 11.3 Å². The minimum atomic E-state index is -0.182. The highest BCUT2D eigenvalue weighted by Gasteiger charge is 2.13. The molecule has 0 bridgehead atoms. The van der Waals surface area contributed by atoms with E-state index in [9.17, 15) is 4.79 Å². The fraction of sp³-hybridized carbons (Fsp3) is 0.0556. The highest BCUT2D eigenvalue weighted by atomic mass is 32.1. The molecule has 0 atom stereocenters. The van der Waals surface area contributed by atoms with E-state index in [1.807, 2.05) is 36.4 Å². The van der Waals surface area contributed by atoms with Gasteiger partial charge in [-0.15, -0.1) is 11.3 Å². The normalized spacial score (nSPS) is 10.9. The smallest absolute Gasteiger partial charge is 0.266 e. The lowest BCUT2D eigenvalue weighted by Gasteiger charge is -2.01. The van der Waals surface area contributed by atoms with Crippen molar-refractivity contribution >= 4 is 44.2 Å². The zero-order valence-electron chi connectivity index (χ0n) is 12.8. The summed E-state index contributed by atoms with van der Waals surface area (Å²) in [5, 5.41) is 4.75. The van der Waals surface area contributed by atoms with E-state index in [0.717, 1.165) is 26.9 Å². The Balaban J connectivity index is 1.72. The number of anilines is 1. The molecule has 3 aromatic heterocycles. The number of ether oxygens (including phenoxy) is 1. The molecule has 0 spiro atoms. The van der Waals surface area contributed by atoms with Gasteiger partial charge in [0.15, 0.2) is 0 Å². The number of amides is 1. The molecule has 0 saturated carbocycles. The van der Waals surface area contributed by atoms with Crippen molar-refractivity contribution in [3.05, 3.63) is 59.6 Å². The van der Waals surface area contributed by atoms with Crippen LogP contribution in [0.1, 0.15) is 9.67 Å². The van der Waals surface area contributed by atoms with Crippen LogP contribution in [0, 0.1) is 0 Å². The highest BCUT2D eigenvalue weighted by molar-refractivity contribution is 7.20. The molecule has 0 aliphatic carbocycles. The van der Waals surface area contributed by atoms with Gasteiger partial charge in [0.25, 0.3) is 5.91 Å². The van der Waals surface area contributed by atoms with Gasteiger partial charge in [0.1, 0.15) is 16.4 Å². The summed E-state index contributed by atoms with van der Waals surface area (Å²) in [5.41, 5.74) is 0.848. The number of fused-ring (bicyclic) bond motifs is 2. The topological polar surface area (TPSA) is 64.1 Å². The van der Waals surface area contributed by atoms with Crippen molar-refractivity contribution in [1.82, 2.24) is 9.97 Å². The number of benzene rings is 1. The standard InChI is InChI=1S/C18H13N3O2S/c1-23-13-6-5-11-8-12-9-15(24-18(12)20-14(11)10-13)17(22)21-16-4-2-3-7-19-16/h2-10H,1H3,(H,19,21,22). The molecule has 0 saturated heterocycles. The molecule has 6 heteroatoms. The number of methoxy groups -OCH3 is 1. The molecule has 4 rings (SSSR count). The summed E-state index contributed by atoms with van der Waals surface area (Å²) in [5.74, 6) is 1.11. The number of pyridine rings is 2. The minimum Gasteiger partial charge on any atom is -0.497 e. The summed E-state index contributed by atoms with van der Waals surface area (Å²) >= 11 is 1.36. The third-order valence-electron chi connectivity index (χ3n) is 3.64. The van der Waals surface area contributed by atoms with Crippen LogP contribution in [-0.2, 0) is 0 Å². The first-order valence-electron chi connectivity index (χ1n) is 7.34. The molecule has 3 heterocycles. The van der Waals surface area contributed by atoms with Crippen LogP contribution in [0.25, 0.3) is 21.1 Å². The zero-order chi connectivity index (χ0) is 16.5. The van der Waals surface area contributed by atoms with Crippen molar-refractivity contribution in [2.24, 2.45) is 0 Å². The summed E-state index contributed by atoms with van der Waals surface area (Å²) in [6, 6.07) is 15.0. The van der Waals surface area contributed by atoms with E-state index in [2.05, 4.69) is 15.3 Å². The molecule has 24 heavy (non-hydrogen) atoms. The number of hydrogen-bond acceptors (Lipinski definition) is 5. The van der Waals surface area contributed by atoms with E-state index < -0.39 is 0 Å². The summed E-state index contributed by atoms with van der Waals surface area (Å²) in [6.45, 7) is 0. The summed E-state index contributed by atoms with van der Waals surface area (Å²) < 4.78 is 5.24. The van der Waals surface area contributed by atoms with E-state index >= 15 is 0 Å². The lowest BCUT2D eigenvalue weighted by atomic mass is 10.2. The number of aromatic nitrogens is 2. The Labute approximate surface area is 141 Å². The van der Waals surface area contributed by atoms with Crippen LogP contribution in [0.5, 0.6) is 5.75 Å². The van der Waals surface area contributed by atoms with Crippen molar-refractivity contribution in [2.45, 2.75) is 0 Å². The van der Waals surface area contributed by atoms with Gasteiger partial charge in [-0.05, 0) is 36.4 Å². The van der Waals surface area contributed by atoms with Crippen molar-refractivity contribution in [1.29, 1.82) is 0 Å². The maximum absolute atomic E-state index is 12.4. The van der Waals surface area contributed by atoms with E-state index in [4.69, 9.17) is 4.74 Å². The second kappa shape index (κ2) is 5.90. The van der Waals surface area contributed by atoms with E-state index in [-0.39, 0.29) is 5.91 Å². The van der Waals surface area contributed by atoms with Gasteiger partial charge in [-0.25, -0.2) is 9.97 Å². The third kappa shape index (κ3) is 2.68. The second-order valence-corrected chi connectivity index (χ2v) is 6.25. The summed E-state index contributed by atoms with van der Waals surface area (Å²) in [4.78, 5) is 22.6. The molecule has 0 aliphatic heterocycles. The molecular formula is C18H13N3O2S. The second-order valence-electron chi connectivity index (χ2n) is 5.22. The number of rotatable bonds is 3. The number of nitrogens with zero attached hydrogens (tertiary/aromatic N) is 2. The minimum absolute atomic E-state index is 0.182. The van der Waals surface area contributed by atoms with Gasteiger partial charge in [0.2, 0.25) is 0 Å². The zero-order valence-corrected chi connectivity index (χ0v) is 13.6. The number of hydrogen-bond donors (Lipinski definition) is 1. The molecule has 1 N–H and O–H groups in total. The lowest BCUT2D eigenvalue weighted by molar-refractivity contribution is 0.103. The van der Waals surface area contributed by atoms with E-state index in [0.29, 0.717) is 10.7 Å². The fourth-order valence-electron chi connectivity index (χ4n) is 2.46. The number of nitrogens with one attached hydrogen (secondary N) is 1. The molecule has 1 aromatic carbocycles. The monoisotopic (exact) mass is 335 g/mol. The van der Waals surface area contributed by atoms with E-state index in [1.165, 1.54) is 11.3 Å². The van der Waals surface area contributed by atoms with Crippen LogP contribution in [0.3, 0.4) is 0 Å². The maximum atomic E-state index is 12.4. The largest absolute Gasteiger partial charge is 0.497 e. The average Bonchev–Trinajstić information content (AvgIpc) is 3.03. The van der Waals surface area contributed by atoms with E-state index in [1.54, 1.807) is 25.4 Å². The van der Waals surface area contributed by atoms with Crippen molar-refractivity contribution in [3.63, 3.8) is 0 Å². The Morgan fingerprint density at radius 2 is 2.04 bits per heavy atom. The van der Waals surface area contributed by atoms with Crippen LogP contribution in [-0.4, -0.2) is 23.0 Å². The van der Waals surface area contributed by atoms with Gasteiger partial charge < -0.3 is 10.1 Å². The Morgan fingerprint density at radius 3 is 2.83 bits per heavy atom. The third-order valence-corrected chi connectivity index (χ3v) is 4.68. The average molecular weight is 335 g/mol. The Bertz CT molecular complexity index is 1040. The number of carbonyl (C=O) groups is 1. The van der Waals surface area contributed by atoms with Crippen molar-refractivity contribution in [3.8, 4) is 5.75 Å². The molecular weight excluding hydrogens is 322 g/mol. The maximum Gasteiger partial charge on any atom is 0.266 e. The molecule has 0 aliphatic rings.